The molecule has 0 saturated heterocycles. The first kappa shape index (κ1) is 25.7. The van der Waals surface area contributed by atoms with Gasteiger partial charge in [0.1, 0.15) is 0 Å². The maximum absolute atomic E-state index is 13.9. The van der Waals surface area contributed by atoms with Crippen molar-refractivity contribution in [3.05, 3.63) is 132 Å². The molecule has 0 aliphatic heterocycles. The summed E-state index contributed by atoms with van der Waals surface area (Å²) < 4.78 is 43.9. The Morgan fingerprint density at radius 3 is 2.45 bits per heavy atom. The van der Waals surface area contributed by atoms with Gasteiger partial charge in [-0.1, -0.05) is 66.7 Å². The van der Waals surface area contributed by atoms with Gasteiger partial charge in [-0.3, -0.25) is 4.98 Å². The topological polar surface area (TPSA) is 29.9 Å². The van der Waals surface area contributed by atoms with Crippen molar-refractivity contribution in [1.82, 2.24) is 9.55 Å². The van der Waals surface area contributed by atoms with Crippen LogP contribution in [0.3, 0.4) is 0 Å². The van der Waals surface area contributed by atoms with E-state index in [0.29, 0.717) is 18.4 Å². The SMILES string of the molecule is CCn1ccc2ccc(CNc3cccc(-c4c(Cc5ccccc5)cnc5c(C(F)(F)F)cccc45)c3)cc21. The zero-order valence-electron chi connectivity index (χ0n) is 22.0. The summed E-state index contributed by atoms with van der Waals surface area (Å²) in [6, 6.07) is 30.7. The summed E-state index contributed by atoms with van der Waals surface area (Å²) in [5, 5.41) is 5.21. The molecule has 2 aromatic heterocycles. The van der Waals surface area contributed by atoms with Gasteiger partial charge in [-0.05, 0) is 76.9 Å². The molecule has 0 aliphatic rings. The van der Waals surface area contributed by atoms with Crippen molar-refractivity contribution >= 4 is 27.5 Å². The molecule has 40 heavy (non-hydrogen) atoms. The van der Waals surface area contributed by atoms with E-state index in [1.165, 1.54) is 17.0 Å². The van der Waals surface area contributed by atoms with Gasteiger partial charge in [0.2, 0.25) is 0 Å². The highest BCUT2D eigenvalue weighted by Crippen LogP contribution is 2.39. The molecule has 0 aliphatic carbocycles. The first-order valence-corrected chi connectivity index (χ1v) is 13.3. The Labute approximate surface area is 230 Å². The second kappa shape index (κ2) is 10.5. The van der Waals surface area contributed by atoms with Gasteiger partial charge in [0.25, 0.3) is 0 Å². The summed E-state index contributed by atoms with van der Waals surface area (Å²) in [6.45, 7) is 3.66. The van der Waals surface area contributed by atoms with Gasteiger partial charge in [-0.25, -0.2) is 0 Å². The molecular weight excluding hydrogens is 507 g/mol. The third-order valence-corrected chi connectivity index (χ3v) is 7.35. The van der Waals surface area contributed by atoms with E-state index < -0.39 is 11.7 Å². The van der Waals surface area contributed by atoms with Crippen LogP contribution in [0.5, 0.6) is 0 Å². The van der Waals surface area contributed by atoms with Crippen molar-refractivity contribution < 1.29 is 13.2 Å². The van der Waals surface area contributed by atoms with Crippen LogP contribution in [-0.2, 0) is 25.7 Å². The molecule has 0 amide bonds. The van der Waals surface area contributed by atoms with E-state index in [9.17, 15) is 13.2 Å². The number of aryl methyl sites for hydroxylation is 1. The minimum atomic E-state index is -4.49. The molecule has 0 saturated carbocycles. The smallest absolute Gasteiger partial charge is 0.381 e. The van der Waals surface area contributed by atoms with Crippen LogP contribution in [0.1, 0.15) is 29.2 Å². The molecule has 4 aromatic carbocycles. The lowest BCUT2D eigenvalue weighted by Crippen LogP contribution is -2.07. The summed E-state index contributed by atoms with van der Waals surface area (Å²) in [4.78, 5) is 4.33. The van der Waals surface area contributed by atoms with Crippen LogP contribution < -0.4 is 5.32 Å². The van der Waals surface area contributed by atoms with E-state index in [2.05, 4.69) is 52.3 Å². The predicted molar refractivity (Wildman–Crippen MR) is 156 cm³/mol. The number of para-hydroxylation sites is 1. The molecule has 0 unspecified atom stereocenters. The molecule has 0 bridgehead atoms. The largest absolute Gasteiger partial charge is 0.418 e. The maximum Gasteiger partial charge on any atom is 0.418 e. The van der Waals surface area contributed by atoms with E-state index in [1.807, 2.05) is 54.6 Å². The zero-order chi connectivity index (χ0) is 27.7. The van der Waals surface area contributed by atoms with Gasteiger partial charge in [-0.15, -0.1) is 0 Å². The van der Waals surface area contributed by atoms with Crippen LogP contribution >= 0.6 is 0 Å². The average Bonchev–Trinajstić information content (AvgIpc) is 3.38. The Morgan fingerprint density at radius 2 is 1.65 bits per heavy atom. The summed E-state index contributed by atoms with van der Waals surface area (Å²) in [7, 11) is 0. The standard InChI is InChI=1S/C34H28F3N3/c1-2-40-17-16-25-15-14-24(19-31(25)40)21-38-28-11-6-10-26(20-28)32-27(18-23-8-4-3-5-9-23)22-39-33-29(32)12-7-13-30(33)34(35,36)37/h3-17,19-20,22,38H,2,18,21H2,1H3. The number of halogens is 3. The van der Waals surface area contributed by atoms with Crippen molar-refractivity contribution in [2.24, 2.45) is 0 Å². The van der Waals surface area contributed by atoms with Gasteiger partial charge in [0.15, 0.2) is 0 Å². The third kappa shape index (κ3) is 5.05. The molecule has 3 nitrogen and oxygen atoms in total. The number of hydrogen-bond donors (Lipinski definition) is 1. The molecule has 6 aromatic rings. The van der Waals surface area contributed by atoms with Crippen molar-refractivity contribution in [2.45, 2.75) is 32.6 Å². The molecule has 0 fully saturated rings. The van der Waals surface area contributed by atoms with Crippen molar-refractivity contribution in [3.63, 3.8) is 0 Å². The average molecular weight is 536 g/mol. The highest BCUT2D eigenvalue weighted by molar-refractivity contribution is 5.98. The lowest BCUT2D eigenvalue weighted by Gasteiger charge is -2.17. The number of benzene rings is 4. The number of fused-ring (bicyclic) bond motifs is 2. The Morgan fingerprint density at radius 1 is 0.825 bits per heavy atom. The number of nitrogens with zero attached hydrogens (tertiary/aromatic N) is 2. The van der Waals surface area contributed by atoms with Gasteiger partial charge >= 0.3 is 6.18 Å². The van der Waals surface area contributed by atoms with Crippen LogP contribution in [0.15, 0.2) is 109 Å². The summed E-state index contributed by atoms with van der Waals surface area (Å²) >= 11 is 0. The predicted octanol–water partition coefficient (Wildman–Crippen LogP) is 9.10. The number of aromatic nitrogens is 2. The van der Waals surface area contributed by atoms with Crippen LogP contribution in [0.4, 0.5) is 18.9 Å². The highest BCUT2D eigenvalue weighted by Gasteiger charge is 2.33. The first-order chi connectivity index (χ1) is 19.4. The molecule has 1 N–H and O–H groups in total. The summed E-state index contributed by atoms with van der Waals surface area (Å²) in [6.07, 6.45) is -0.239. The van der Waals surface area contributed by atoms with Crippen molar-refractivity contribution in [1.29, 1.82) is 0 Å². The number of pyridine rings is 1. The number of alkyl halides is 3. The zero-order valence-corrected chi connectivity index (χ0v) is 22.0. The van der Waals surface area contributed by atoms with Gasteiger partial charge in [-0.2, -0.15) is 13.2 Å². The number of nitrogens with one attached hydrogen (secondary N) is 1. The normalized spacial score (nSPS) is 11.8. The van der Waals surface area contributed by atoms with E-state index in [4.69, 9.17) is 0 Å². The third-order valence-electron chi connectivity index (χ3n) is 7.35. The quantitative estimate of drug-likeness (QED) is 0.221. The van der Waals surface area contributed by atoms with E-state index in [0.717, 1.165) is 46.1 Å². The lowest BCUT2D eigenvalue weighted by molar-refractivity contribution is -0.136. The number of hydrogen-bond acceptors (Lipinski definition) is 2. The van der Waals surface area contributed by atoms with Crippen LogP contribution in [0.25, 0.3) is 32.9 Å². The fourth-order valence-corrected chi connectivity index (χ4v) is 5.39. The first-order valence-electron chi connectivity index (χ1n) is 13.3. The van der Waals surface area contributed by atoms with Crippen LogP contribution in [0, 0.1) is 0 Å². The monoisotopic (exact) mass is 535 g/mol. The minimum absolute atomic E-state index is 0.0348. The molecule has 2 heterocycles. The molecule has 6 heteroatoms. The van der Waals surface area contributed by atoms with E-state index in [1.54, 1.807) is 12.3 Å². The molecule has 0 radical (unpaired) electrons. The summed E-state index contributed by atoms with van der Waals surface area (Å²) in [5.41, 5.74) is 6.05. The van der Waals surface area contributed by atoms with Crippen molar-refractivity contribution in [2.75, 3.05) is 5.32 Å². The van der Waals surface area contributed by atoms with Gasteiger partial charge < -0.3 is 9.88 Å². The number of rotatable bonds is 7. The Kier molecular flexibility index (Phi) is 6.76. The Balaban J connectivity index is 1.40. The fourth-order valence-electron chi connectivity index (χ4n) is 5.39. The molecular formula is C34H28F3N3. The van der Waals surface area contributed by atoms with Crippen LogP contribution in [-0.4, -0.2) is 9.55 Å². The van der Waals surface area contributed by atoms with Crippen LogP contribution in [0.2, 0.25) is 0 Å². The second-order valence-corrected chi connectivity index (χ2v) is 9.95. The van der Waals surface area contributed by atoms with E-state index >= 15 is 0 Å². The molecule has 0 atom stereocenters. The maximum atomic E-state index is 13.9. The highest BCUT2D eigenvalue weighted by atomic mass is 19.4. The Hall–Kier alpha value is -4.58. The fraction of sp³-hybridized carbons (Fsp3) is 0.147. The lowest BCUT2D eigenvalue weighted by atomic mass is 9.91. The second-order valence-electron chi connectivity index (χ2n) is 9.95. The van der Waals surface area contributed by atoms with Crippen molar-refractivity contribution in [3.8, 4) is 11.1 Å². The Bertz CT molecular complexity index is 1800. The molecule has 6 rings (SSSR count). The molecule has 0 spiro atoms. The van der Waals surface area contributed by atoms with Gasteiger partial charge in [0.05, 0.1) is 11.1 Å². The molecule has 200 valence electrons. The van der Waals surface area contributed by atoms with Gasteiger partial charge in [0, 0.05) is 42.1 Å². The summed E-state index contributed by atoms with van der Waals surface area (Å²) in [5.74, 6) is 0. The number of anilines is 1. The minimum Gasteiger partial charge on any atom is -0.381 e. The van der Waals surface area contributed by atoms with E-state index in [-0.39, 0.29) is 5.52 Å².